The van der Waals surface area contributed by atoms with Gasteiger partial charge in [-0.1, -0.05) is 50.6 Å². The molecule has 1 fully saturated rings. The number of rotatable bonds is 7. The third-order valence-electron chi connectivity index (χ3n) is 4.24. The number of nitrogens with one attached hydrogen (secondary N) is 1. The van der Waals surface area contributed by atoms with Crippen molar-refractivity contribution in [1.29, 1.82) is 0 Å². The van der Waals surface area contributed by atoms with Gasteiger partial charge in [-0.3, -0.25) is 0 Å². The molecule has 0 unspecified atom stereocenters. The molecule has 1 heteroatoms. The highest BCUT2D eigenvalue weighted by Crippen LogP contribution is 2.37. The average molecular weight is 271 g/mol. The third kappa shape index (κ3) is 4.49. The van der Waals surface area contributed by atoms with Gasteiger partial charge >= 0.3 is 0 Å². The lowest BCUT2D eigenvalue weighted by Gasteiger charge is -2.26. The number of allylic oxidation sites excluding steroid dienone is 1. The van der Waals surface area contributed by atoms with Crippen molar-refractivity contribution in [3.63, 3.8) is 0 Å². The predicted molar refractivity (Wildman–Crippen MR) is 89.0 cm³/mol. The molecule has 0 heterocycles. The molecular formula is C19H29N. The van der Waals surface area contributed by atoms with Crippen LogP contribution in [0, 0.1) is 5.92 Å². The summed E-state index contributed by atoms with van der Waals surface area (Å²) < 4.78 is 0. The van der Waals surface area contributed by atoms with E-state index in [1.165, 1.54) is 30.4 Å². The second-order valence-corrected chi connectivity index (χ2v) is 6.53. The number of hydrogen-bond donors (Lipinski definition) is 1. The second-order valence-electron chi connectivity index (χ2n) is 6.53. The fourth-order valence-electron chi connectivity index (χ4n) is 2.68. The molecule has 2 rings (SSSR count). The van der Waals surface area contributed by atoms with Crippen molar-refractivity contribution >= 4 is 5.57 Å². The van der Waals surface area contributed by atoms with Crippen LogP contribution in [0.4, 0.5) is 0 Å². The Morgan fingerprint density at radius 1 is 1.35 bits per heavy atom. The van der Waals surface area contributed by atoms with E-state index >= 15 is 0 Å². The van der Waals surface area contributed by atoms with Crippen LogP contribution in [0.3, 0.4) is 0 Å². The maximum Gasteiger partial charge on any atom is -0.00139 e. The molecule has 1 saturated carbocycles. The van der Waals surface area contributed by atoms with Crippen LogP contribution in [0.5, 0.6) is 0 Å². The number of hydrogen-bond acceptors (Lipinski definition) is 1. The maximum absolute atomic E-state index is 3.49. The van der Waals surface area contributed by atoms with Gasteiger partial charge in [-0.25, -0.2) is 0 Å². The molecule has 1 N–H and O–H groups in total. The van der Waals surface area contributed by atoms with Crippen molar-refractivity contribution in [2.24, 2.45) is 5.92 Å². The lowest BCUT2D eigenvalue weighted by atomic mass is 9.79. The molecular weight excluding hydrogens is 242 g/mol. The van der Waals surface area contributed by atoms with Crippen molar-refractivity contribution in [2.75, 3.05) is 13.1 Å². The summed E-state index contributed by atoms with van der Waals surface area (Å²) in [6.07, 6.45) is 7.65. The zero-order chi connectivity index (χ0) is 14.4. The zero-order valence-corrected chi connectivity index (χ0v) is 13.3. The van der Waals surface area contributed by atoms with Gasteiger partial charge in [0.05, 0.1) is 0 Å². The van der Waals surface area contributed by atoms with E-state index < -0.39 is 0 Å². The van der Waals surface area contributed by atoms with E-state index in [4.69, 9.17) is 0 Å². The fraction of sp³-hybridized carbons (Fsp3) is 0.579. The highest BCUT2D eigenvalue weighted by Gasteiger charge is 2.19. The van der Waals surface area contributed by atoms with Gasteiger partial charge in [0.1, 0.15) is 0 Å². The first-order valence-corrected chi connectivity index (χ1v) is 8.14. The minimum Gasteiger partial charge on any atom is -0.316 e. The molecule has 20 heavy (non-hydrogen) atoms. The summed E-state index contributed by atoms with van der Waals surface area (Å²) in [5.41, 5.74) is 4.36. The standard InChI is InChI=1S/C19H29N/c1-15(2)14-20-12-6-7-16(3)18-10-5-11-19(13-18)17-8-4-9-17/h5,7,10-11,13,15,17,20H,4,6,8-9,12,14H2,1-3H3/b16-7-. The van der Waals surface area contributed by atoms with Gasteiger partial charge in [-0.15, -0.1) is 0 Å². The summed E-state index contributed by atoms with van der Waals surface area (Å²) in [5, 5.41) is 3.49. The van der Waals surface area contributed by atoms with Crippen LogP contribution in [0.25, 0.3) is 5.57 Å². The average Bonchev–Trinajstić information content (AvgIpc) is 2.36. The molecule has 0 aromatic heterocycles. The Morgan fingerprint density at radius 2 is 2.15 bits per heavy atom. The van der Waals surface area contributed by atoms with Crippen molar-refractivity contribution in [3.05, 3.63) is 41.5 Å². The first-order chi connectivity index (χ1) is 9.66. The Balaban J connectivity index is 1.86. The van der Waals surface area contributed by atoms with Crippen molar-refractivity contribution in [2.45, 2.75) is 52.4 Å². The van der Waals surface area contributed by atoms with Gasteiger partial charge in [-0.2, -0.15) is 0 Å². The van der Waals surface area contributed by atoms with Gasteiger partial charge in [0, 0.05) is 0 Å². The largest absolute Gasteiger partial charge is 0.316 e. The van der Waals surface area contributed by atoms with E-state index in [-0.39, 0.29) is 0 Å². The summed E-state index contributed by atoms with van der Waals surface area (Å²) in [5.74, 6) is 1.56. The predicted octanol–water partition coefficient (Wildman–Crippen LogP) is 4.99. The Morgan fingerprint density at radius 3 is 2.80 bits per heavy atom. The van der Waals surface area contributed by atoms with Crippen LogP contribution in [0.2, 0.25) is 0 Å². The molecule has 0 atom stereocenters. The Hall–Kier alpha value is -1.08. The Kier molecular flexibility index (Phi) is 5.85. The molecule has 110 valence electrons. The van der Waals surface area contributed by atoms with Crippen molar-refractivity contribution in [3.8, 4) is 0 Å². The summed E-state index contributed by atoms with van der Waals surface area (Å²) in [7, 11) is 0. The zero-order valence-electron chi connectivity index (χ0n) is 13.3. The van der Waals surface area contributed by atoms with Crippen LogP contribution in [-0.2, 0) is 0 Å². The van der Waals surface area contributed by atoms with Crippen molar-refractivity contribution < 1.29 is 0 Å². The highest BCUT2D eigenvalue weighted by molar-refractivity contribution is 5.64. The summed E-state index contributed by atoms with van der Waals surface area (Å²) >= 11 is 0. The molecule has 0 aliphatic heterocycles. The van der Waals surface area contributed by atoms with Crippen LogP contribution >= 0.6 is 0 Å². The van der Waals surface area contributed by atoms with Crippen LogP contribution in [-0.4, -0.2) is 13.1 Å². The van der Waals surface area contributed by atoms with E-state index in [1.807, 2.05) is 0 Å². The Bertz CT molecular complexity index is 441. The molecule has 0 amide bonds. The highest BCUT2D eigenvalue weighted by atomic mass is 14.8. The molecule has 0 radical (unpaired) electrons. The van der Waals surface area contributed by atoms with Gasteiger partial charge in [0.25, 0.3) is 0 Å². The van der Waals surface area contributed by atoms with E-state index in [1.54, 1.807) is 5.56 Å². The summed E-state index contributed by atoms with van der Waals surface area (Å²) in [4.78, 5) is 0. The lowest BCUT2D eigenvalue weighted by Crippen LogP contribution is -2.20. The molecule has 1 aliphatic carbocycles. The van der Waals surface area contributed by atoms with Gasteiger partial charge in [-0.05, 0) is 67.8 Å². The molecule has 1 aliphatic rings. The van der Waals surface area contributed by atoms with Crippen LogP contribution in [0.15, 0.2) is 30.3 Å². The SMILES string of the molecule is C/C(=C/CCNCC(C)C)c1cccc(C2CCC2)c1. The minimum absolute atomic E-state index is 0.735. The molecule has 0 bridgehead atoms. The second kappa shape index (κ2) is 7.64. The maximum atomic E-state index is 3.49. The smallest absolute Gasteiger partial charge is 0.00139 e. The van der Waals surface area contributed by atoms with E-state index in [0.29, 0.717) is 0 Å². The van der Waals surface area contributed by atoms with Gasteiger partial charge < -0.3 is 5.32 Å². The van der Waals surface area contributed by atoms with Crippen LogP contribution < -0.4 is 5.32 Å². The lowest BCUT2D eigenvalue weighted by molar-refractivity contribution is 0.419. The Labute approximate surface area is 124 Å². The first kappa shape index (κ1) is 15.3. The normalized spacial score (nSPS) is 16.5. The minimum atomic E-state index is 0.735. The molecule has 0 saturated heterocycles. The number of benzene rings is 1. The first-order valence-electron chi connectivity index (χ1n) is 8.14. The molecule has 1 aromatic carbocycles. The van der Waals surface area contributed by atoms with E-state index in [2.05, 4.69) is 56.4 Å². The summed E-state index contributed by atoms with van der Waals surface area (Å²) in [6, 6.07) is 9.16. The van der Waals surface area contributed by atoms with Crippen molar-refractivity contribution in [1.82, 2.24) is 5.32 Å². The quantitative estimate of drug-likeness (QED) is 0.689. The third-order valence-corrected chi connectivity index (χ3v) is 4.24. The topological polar surface area (TPSA) is 12.0 Å². The van der Waals surface area contributed by atoms with E-state index in [9.17, 15) is 0 Å². The molecule has 1 nitrogen and oxygen atoms in total. The van der Waals surface area contributed by atoms with Gasteiger partial charge in [0.2, 0.25) is 0 Å². The van der Waals surface area contributed by atoms with E-state index in [0.717, 1.165) is 31.3 Å². The molecule has 0 spiro atoms. The molecule has 1 aromatic rings. The van der Waals surface area contributed by atoms with Crippen LogP contribution in [0.1, 0.15) is 63.5 Å². The monoisotopic (exact) mass is 271 g/mol. The van der Waals surface area contributed by atoms with Gasteiger partial charge in [0.15, 0.2) is 0 Å². The summed E-state index contributed by atoms with van der Waals surface area (Å²) in [6.45, 7) is 8.93. The fourth-order valence-corrected chi connectivity index (χ4v) is 2.68.